The second-order valence-corrected chi connectivity index (χ2v) is 17.1. The van der Waals surface area contributed by atoms with Crippen molar-refractivity contribution in [3.63, 3.8) is 0 Å². The van der Waals surface area contributed by atoms with Crippen LogP contribution in [0.3, 0.4) is 0 Å². The maximum Gasteiger partial charge on any atom is 0.0920 e. The van der Waals surface area contributed by atoms with E-state index in [1.807, 2.05) is 0 Å². The molecule has 5 aliphatic rings. The normalized spacial score (nSPS) is 50.2. The van der Waals surface area contributed by atoms with Crippen LogP contribution in [0.5, 0.6) is 0 Å². The van der Waals surface area contributed by atoms with Crippen molar-refractivity contribution in [1.29, 1.82) is 0 Å². The molecule has 5 aliphatic carbocycles. The molecule has 220 valence electrons. The Bertz CT molecular complexity index is 857. The van der Waals surface area contributed by atoms with Crippen molar-refractivity contribution in [3.8, 4) is 0 Å². The average Bonchev–Trinajstić information content (AvgIpc) is 3.20. The highest BCUT2D eigenvalue weighted by Crippen LogP contribution is 2.78. The average molecular weight is 530 g/mol. The van der Waals surface area contributed by atoms with Crippen molar-refractivity contribution in [3.05, 3.63) is 0 Å². The summed E-state index contributed by atoms with van der Waals surface area (Å²) in [5, 5.41) is 20.0. The highest BCUT2D eigenvalue weighted by atomic mass is 16.3. The largest absolute Gasteiger partial charge is 0.390 e. The minimum Gasteiger partial charge on any atom is -0.390 e. The molecule has 0 radical (unpaired) electrons. The number of fused-ring (bicyclic) bond motifs is 7. The summed E-state index contributed by atoms with van der Waals surface area (Å²) in [6.45, 7) is 18.9. The molecule has 0 aromatic carbocycles. The van der Waals surface area contributed by atoms with Gasteiger partial charge < -0.3 is 15.9 Å². The first-order chi connectivity index (χ1) is 17.7. The fraction of sp³-hybridized carbons (Fsp3) is 1.00. The van der Waals surface area contributed by atoms with Gasteiger partial charge in [-0.05, 0) is 133 Å². The smallest absolute Gasteiger partial charge is 0.0920 e. The molecule has 38 heavy (non-hydrogen) atoms. The van der Waals surface area contributed by atoms with E-state index in [1.165, 1.54) is 77.0 Å². The minimum absolute atomic E-state index is 0.150. The molecule has 0 aliphatic heterocycles. The Balaban J connectivity index is 1.32. The molecule has 3 heteroatoms. The number of nitrogens with two attached hydrogens (primary N) is 1. The van der Waals surface area contributed by atoms with Gasteiger partial charge in [0.2, 0.25) is 0 Å². The van der Waals surface area contributed by atoms with Crippen LogP contribution in [-0.4, -0.2) is 29.0 Å². The lowest BCUT2D eigenvalue weighted by atomic mass is 9.32. The van der Waals surface area contributed by atoms with E-state index in [2.05, 4.69) is 48.5 Å². The lowest BCUT2D eigenvalue weighted by Crippen LogP contribution is -2.65. The molecule has 12 atom stereocenters. The Hall–Kier alpha value is -0.120. The van der Waals surface area contributed by atoms with E-state index < -0.39 is 12.2 Å². The Kier molecular flexibility index (Phi) is 7.74. The number of rotatable bonds is 7. The molecule has 4 N–H and O–H groups in total. The van der Waals surface area contributed by atoms with Gasteiger partial charge in [-0.2, -0.15) is 0 Å². The highest BCUT2D eigenvalue weighted by Gasteiger charge is 2.70. The van der Waals surface area contributed by atoms with Crippen LogP contribution in [0.2, 0.25) is 0 Å². The van der Waals surface area contributed by atoms with E-state index >= 15 is 0 Å². The first-order valence-corrected chi connectivity index (χ1v) is 16.8. The molecule has 5 saturated carbocycles. The maximum absolute atomic E-state index is 10.2. The molecule has 0 heterocycles. The van der Waals surface area contributed by atoms with Crippen LogP contribution in [0.4, 0.5) is 0 Å². The first kappa shape index (κ1) is 29.4. The predicted molar refractivity (Wildman–Crippen MR) is 159 cm³/mol. The third-order valence-electron chi connectivity index (χ3n) is 15.3. The summed E-state index contributed by atoms with van der Waals surface area (Å²) in [7, 11) is 0. The summed E-state index contributed by atoms with van der Waals surface area (Å²) in [4.78, 5) is 0. The van der Waals surface area contributed by atoms with Gasteiger partial charge in [0.05, 0.1) is 12.2 Å². The summed E-state index contributed by atoms with van der Waals surface area (Å²) in [6.07, 6.45) is 17.3. The van der Waals surface area contributed by atoms with Gasteiger partial charge in [-0.1, -0.05) is 67.7 Å². The van der Waals surface area contributed by atoms with Gasteiger partial charge in [0.25, 0.3) is 0 Å². The molecule has 0 aromatic rings. The zero-order valence-electron chi connectivity index (χ0n) is 26.2. The molecule has 0 saturated heterocycles. The Morgan fingerprint density at radius 1 is 0.684 bits per heavy atom. The van der Waals surface area contributed by atoms with Crippen LogP contribution in [0.1, 0.15) is 138 Å². The van der Waals surface area contributed by atoms with Gasteiger partial charge in [-0.15, -0.1) is 0 Å². The van der Waals surface area contributed by atoms with Gasteiger partial charge in [-0.3, -0.25) is 0 Å². The van der Waals surface area contributed by atoms with Crippen molar-refractivity contribution in [2.75, 3.05) is 6.54 Å². The maximum atomic E-state index is 10.2. The molecular weight excluding hydrogens is 466 g/mol. The van der Waals surface area contributed by atoms with Crippen LogP contribution < -0.4 is 5.73 Å². The Morgan fingerprint density at radius 2 is 1.32 bits per heavy atom. The quantitative estimate of drug-likeness (QED) is 0.313. The minimum atomic E-state index is -0.774. The molecule has 0 amide bonds. The van der Waals surface area contributed by atoms with Gasteiger partial charge in [0.15, 0.2) is 0 Å². The Morgan fingerprint density at radius 3 is 1.97 bits per heavy atom. The van der Waals surface area contributed by atoms with Crippen molar-refractivity contribution in [2.24, 2.45) is 68.3 Å². The molecule has 5 fully saturated rings. The number of hydrogen-bond donors (Lipinski definition) is 3. The summed E-state index contributed by atoms with van der Waals surface area (Å²) >= 11 is 0. The zero-order valence-corrected chi connectivity index (χ0v) is 26.2. The zero-order chi connectivity index (χ0) is 27.7. The lowest BCUT2D eigenvalue weighted by molar-refractivity contribution is -0.241. The van der Waals surface area contributed by atoms with Crippen molar-refractivity contribution in [2.45, 2.75) is 151 Å². The van der Waals surface area contributed by atoms with E-state index in [4.69, 9.17) is 5.73 Å². The van der Waals surface area contributed by atoms with Crippen molar-refractivity contribution < 1.29 is 10.2 Å². The second-order valence-electron chi connectivity index (χ2n) is 17.1. The third-order valence-corrected chi connectivity index (χ3v) is 15.3. The van der Waals surface area contributed by atoms with E-state index in [9.17, 15) is 10.2 Å². The first-order valence-electron chi connectivity index (χ1n) is 16.8. The summed E-state index contributed by atoms with van der Waals surface area (Å²) < 4.78 is 0. The molecule has 0 spiro atoms. The molecule has 7 unspecified atom stereocenters. The van der Waals surface area contributed by atoms with E-state index in [-0.39, 0.29) is 6.54 Å². The molecule has 0 bridgehead atoms. The summed E-state index contributed by atoms with van der Waals surface area (Å²) in [5.74, 6) is 5.11. The Labute approximate surface area is 235 Å². The summed E-state index contributed by atoms with van der Waals surface area (Å²) in [5.41, 5.74) is 8.08. The monoisotopic (exact) mass is 529 g/mol. The van der Waals surface area contributed by atoms with E-state index in [0.717, 1.165) is 36.0 Å². The van der Waals surface area contributed by atoms with Gasteiger partial charge >= 0.3 is 0 Å². The highest BCUT2D eigenvalue weighted by molar-refractivity contribution is 5.19. The van der Waals surface area contributed by atoms with Crippen molar-refractivity contribution >= 4 is 0 Å². The van der Waals surface area contributed by atoms with Crippen LogP contribution >= 0.6 is 0 Å². The van der Waals surface area contributed by atoms with Gasteiger partial charge in [-0.25, -0.2) is 0 Å². The predicted octanol–water partition coefficient (Wildman–Crippen LogP) is 7.96. The molecular formula is C35H63NO2. The van der Waals surface area contributed by atoms with E-state index in [0.29, 0.717) is 39.4 Å². The molecule has 3 nitrogen and oxygen atoms in total. The second kappa shape index (κ2) is 10.0. The van der Waals surface area contributed by atoms with Crippen LogP contribution in [-0.2, 0) is 0 Å². The van der Waals surface area contributed by atoms with Crippen LogP contribution in [0.15, 0.2) is 0 Å². The third kappa shape index (κ3) is 4.21. The SMILES string of the molecule is CC(CCCC(O)C(O)CN)[C@H]1CC[C@@]2(C)C1CC[C@]1(C)C2CCC2[C@@]3(C)CCCC(C)(C)C3CC[C@]21C. The molecule has 5 rings (SSSR count). The van der Waals surface area contributed by atoms with Gasteiger partial charge in [0, 0.05) is 6.54 Å². The van der Waals surface area contributed by atoms with E-state index in [1.54, 1.807) is 0 Å². The summed E-state index contributed by atoms with van der Waals surface area (Å²) in [6, 6.07) is 0. The van der Waals surface area contributed by atoms with Crippen LogP contribution in [0.25, 0.3) is 0 Å². The van der Waals surface area contributed by atoms with Crippen LogP contribution in [0, 0.1) is 62.6 Å². The number of hydrogen-bond acceptors (Lipinski definition) is 3. The molecule has 0 aromatic heterocycles. The standard InChI is InChI=1S/C35H63NO2/c1-23(10-8-11-26(37)27(38)22-36)24-14-19-32(4)25(24)15-20-34(6)29(32)12-13-30-33(5)18-9-17-31(2,3)28(33)16-21-35(30,34)7/h23-30,37-38H,8-22,36H2,1-7H3/t23?,24-,25?,26?,27?,28?,29?,30?,32+,33+,34-,35-/m1/s1. The fourth-order valence-corrected chi connectivity index (χ4v) is 13.2. The number of aliphatic hydroxyl groups is 2. The number of aliphatic hydroxyl groups excluding tert-OH is 2. The lowest BCUT2D eigenvalue weighted by Gasteiger charge is -2.73. The fourth-order valence-electron chi connectivity index (χ4n) is 13.2. The van der Waals surface area contributed by atoms with Crippen molar-refractivity contribution in [1.82, 2.24) is 0 Å². The van der Waals surface area contributed by atoms with Gasteiger partial charge in [0.1, 0.15) is 0 Å². The topological polar surface area (TPSA) is 66.5 Å².